The number of carbonyl (C=O) groups excluding carboxylic acids is 2. The molecule has 0 aliphatic rings. The third-order valence-corrected chi connectivity index (χ3v) is 3.47. The van der Waals surface area contributed by atoms with Crippen molar-refractivity contribution in [3.63, 3.8) is 0 Å². The number of para-hydroxylation sites is 1. The van der Waals surface area contributed by atoms with Gasteiger partial charge in [-0.2, -0.15) is 0 Å². The van der Waals surface area contributed by atoms with E-state index in [2.05, 4.69) is 10.9 Å². The van der Waals surface area contributed by atoms with E-state index in [1.54, 1.807) is 24.3 Å². The Labute approximate surface area is 144 Å². The van der Waals surface area contributed by atoms with Crippen molar-refractivity contribution in [2.24, 2.45) is 0 Å². The molecule has 2 aromatic carbocycles. The highest BCUT2D eigenvalue weighted by molar-refractivity contribution is 5.98. The fourth-order valence-electron chi connectivity index (χ4n) is 2.08. The Balaban J connectivity index is 1.94. The topological polar surface area (TPSA) is 101 Å². The zero-order valence-electron chi connectivity index (χ0n) is 13.6. The number of amides is 2. The standard InChI is InChI=1S/C18H17N3O4/c1-2-13-7-9-15(10-8-13)18(23)20-19-17(22)12-11-14-5-3-4-6-16(14)21(24)25/h3-12H,2H2,1H3,(H,19,22)(H,20,23). The number of nitrogens with one attached hydrogen (secondary N) is 2. The van der Waals surface area contributed by atoms with Crippen LogP contribution in [0.25, 0.3) is 6.08 Å². The van der Waals surface area contributed by atoms with Crippen LogP contribution in [-0.2, 0) is 11.2 Å². The molecule has 2 aromatic rings. The van der Waals surface area contributed by atoms with Crippen LogP contribution >= 0.6 is 0 Å². The molecule has 7 heteroatoms. The van der Waals surface area contributed by atoms with Crippen molar-refractivity contribution in [1.29, 1.82) is 0 Å². The van der Waals surface area contributed by atoms with Gasteiger partial charge in [0.2, 0.25) is 0 Å². The molecule has 128 valence electrons. The zero-order chi connectivity index (χ0) is 18.2. The van der Waals surface area contributed by atoms with Gasteiger partial charge in [-0.25, -0.2) is 0 Å². The molecule has 2 amide bonds. The third-order valence-electron chi connectivity index (χ3n) is 3.47. The van der Waals surface area contributed by atoms with E-state index >= 15 is 0 Å². The second-order valence-corrected chi connectivity index (χ2v) is 5.14. The first-order valence-corrected chi connectivity index (χ1v) is 7.62. The van der Waals surface area contributed by atoms with E-state index in [1.807, 2.05) is 19.1 Å². The number of hydrogen-bond acceptors (Lipinski definition) is 4. The van der Waals surface area contributed by atoms with Crippen LogP contribution in [-0.4, -0.2) is 16.7 Å². The summed E-state index contributed by atoms with van der Waals surface area (Å²) in [5.41, 5.74) is 6.23. The second-order valence-electron chi connectivity index (χ2n) is 5.14. The van der Waals surface area contributed by atoms with Crippen LogP contribution in [0.15, 0.2) is 54.6 Å². The lowest BCUT2D eigenvalue weighted by Gasteiger charge is -2.06. The minimum absolute atomic E-state index is 0.105. The highest BCUT2D eigenvalue weighted by Gasteiger charge is 2.10. The Morgan fingerprint density at radius 1 is 1.08 bits per heavy atom. The van der Waals surface area contributed by atoms with Gasteiger partial charge in [0.05, 0.1) is 10.5 Å². The molecule has 25 heavy (non-hydrogen) atoms. The van der Waals surface area contributed by atoms with E-state index in [4.69, 9.17) is 0 Å². The van der Waals surface area contributed by atoms with Crippen molar-refractivity contribution in [3.8, 4) is 0 Å². The maximum atomic E-state index is 11.9. The summed E-state index contributed by atoms with van der Waals surface area (Å²) < 4.78 is 0. The molecule has 0 radical (unpaired) electrons. The number of carbonyl (C=O) groups is 2. The summed E-state index contributed by atoms with van der Waals surface area (Å²) in [7, 11) is 0. The number of benzene rings is 2. The Morgan fingerprint density at radius 3 is 2.40 bits per heavy atom. The van der Waals surface area contributed by atoms with Gasteiger partial charge < -0.3 is 0 Å². The predicted molar refractivity (Wildman–Crippen MR) is 93.6 cm³/mol. The number of rotatable bonds is 5. The quantitative estimate of drug-likeness (QED) is 0.497. The predicted octanol–water partition coefficient (Wildman–Crippen LogP) is 2.63. The van der Waals surface area contributed by atoms with Crippen molar-refractivity contribution in [3.05, 3.63) is 81.4 Å². The average molecular weight is 339 g/mol. The molecule has 0 aliphatic heterocycles. The third kappa shape index (κ3) is 5.00. The Kier molecular flexibility index (Phi) is 6.00. The molecule has 0 saturated heterocycles. The summed E-state index contributed by atoms with van der Waals surface area (Å²) in [5, 5.41) is 10.9. The van der Waals surface area contributed by atoms with Gasteiger partial charge in [0.1, 0.15) is 0 Å². The summed E-state index contributed by atoms with van der Waals surface area (Å²) in [6.45, 7) is 2.01. The lowest BCUT2D eigenvalue weighted by Crippen LogP contribution is -2.40. The van der Waals surface area contributed by atoms with Crippen LogP contribution in [0.1, 0.15) is 28.4 Å². The van der Waals surface area contributed by atoms with Gasteiger partial charge in [0, 0.05) is 17.7 Å². The van der Waals surface area contributed by atoms with E-state index in [-0.39, 0.29) is 5.69 Å². The minimum atomic E-state index is -0.600. The summed E-state index contributed by atoms with van der Waals surface area (Å²) in [6.07, 6.45) is 3.30. The number of nitrogens with zero attached hydrogens (tertiary/aromatic N) is 1. The van der Waals surface area contributed by atoms with Crippen LogP contribution in [0, 0.1) is 10.1 Å². The molecule has 0 atom stereocenters. The number of aryl methyl sites for hydroxylation is 1. The molecule has 2 rings (SSSR count). The number of hydrazine groups is 1. The van der Waals surface area contributed by atoms with Crippen LogP contribution in [0.5, 0.6) is 0 Å². The van der Waals surface area contributed by atoms with Gasteiger partial charge in [-0.05, 0) is 36.3 Å². The molecule has 0 saturated carbocycles. The maximum Gasteiger partial charge on any atom is 0.276 e. The van der Waals surface area contributed by atoms with Gasteiger partial charge in [-0.15, -0.1) is 0 Å². The highest BCUT2D eigenvalue weighted by atomic mass is 16.6. The highest BCUT2D eigenvalue weighted by Crippen LogP contribution is 2.18. The van der Waals surface area contributed by atoms with E-state index in [9.17, 15) is 19.7 Å². The lowest BCUT2D eigenvalue weighted by atomic mass is 10.1. The molecule has 7 nitrogen and oxygen atoms in total. The zero-order valence-corrected chi connectivity index (χ0v) is 13.6. The first-order valence-electron chi connectivity index (χ1n) is 7.62. The van der Waals surface area contributed by atoms with Gasteiger partial charge in [-0.3, -0.25) is 30.6 Å². The number of hydrogen-bond donors (Lipinski definition) is 2. The van der Waals surface area contributed by atoms with Gasteiger partial charge >= 0.3 is 0 Å². The Morgan fingerprint density at radius 2 is 1.76 bits per heavy atom. The molecule has 2 N–H and O–H groups in total. The summed E-state index contributed by atoms with van der Waals surface area (Å²) >= 11 is 0. The maximum absolute atomic E-state index is 11.9. The normalized spacial score (nSPS) is 10.4. The van der Waals surface area contributed by atoms with Crippen molar-refractivity contribution < 1.29 is 14.5 Å². The lowest BCUT2D eigenvalue weighted by molar-refractivity contribution is -0.385. The minimum Gasteiger partial charge on any atom is -0.268 e. The number of nitro groups is 1. The Bertz CT molecular complexity index is 813. The van der Waals surface area contributed by atoms with Crippen LogP contribution in [0.3, 0.4) is 0 Å². The van der Waals surface area contributed by atoms with Crippen molar-refractivity contribution in [1.82, 2.24) is 10.9 Å². The summed E-state index contributed by atoms with van der Waals surface area (Å²) in [4.78, 5) is 34.0. The van der Waals surface area contributed by atoms with Gasteiger partial charge in [0.15, 0.2) is 0 Å². The molecular weight excluding hydrogens is 322 g/mol. The monoisotopic (exact) mass is 339 g/mol. The fourth-order valence-corrected chi connectivity index (χ4v) is 2.08. The Hall–Kier alpha value is -3.48. The molecule has 0 aromatic heterocycles. The first kappa shape index (κ1) is 17.9. The second kappa shape index (κ2) is 8.39. The largest absolute Gasteiger partial charge is 0.276 e. The smallest absolute Gasteiger partial charge is 0.268 e. The fraction of sp³-hybridized carbons (Fsp3) is 0.111. The van der Waals surface area contributed by atoms with Crippen LogP contribution < -0.4 is 10.9 Å². The van der Waals surface area contributed by atoms with Crippen molar-refractivity contribution in [2.45, 2.75) is 13.3 Å². The van der Waals surface area contributed by atoms with E-state index < -0.39 is 16.7 Å². The van der Waals surface area contributed by atoms with Gasteiger partial charge in [-0.1, -0.05) is 31.2 Å². The van der Waals surface area contributed by atoms with Crippen molar-refractivity contribution in [2.75, 3.05) is 0 Å². The molecule has 0 spiro atoms. The molecule has 0 unspecified atom stereocenters. The summed E-state index contributed by atoms with van der Waals surface area (Å²) in [6, 6.07) is 13.1. The SMILES string of the molecule is CCc1ccc(C(=O)NNC(=O)C=Cc2ccccc2[N+](=O)[O-])cc1. The van der Waals surface area contributed by atoms with E-state index in [1.165, 1.54) is 18.2 Å². The van der Waals surface area contributed by atoms with Gasteiger partial charge in [0.25, 0.3) is 17.5 Å². The molecule has 0 heterocycles. The van der Waals surface area contributed by atoms with E-state index in [0.29, 0.717) is 11.1 Å². The number of nitro benzene ring substituents is 1. The van der Waals surface area contributed by atoms with Crippen molar-refractivity contribution >= 4 is 23.6 Å². The first-order chi connectivity index (χ1) is 12.0. The molecular formula is C18H17N3O4. The summed E-state index contributed by atoms with van der Waals surface area (Å²) in [5.74, 6) is -1.05. The van der Waals surface area contributed by atoms with E-state index in [0.717, 1.165) is 18.1 Å². The van der Waals surface area contributed by atoms with Crippen LogP contribution in [0.4, 0.5) is 5.69 Å². The average Bonchev–Trinajstić information content (AvgIpc) is 2.64. The molecule has 0 fully saturated rings. The molecule has 0 bridgehead atoms. The molecule has 0 aliphatic carbocycles. The van der Waals surface area contributed by atoms with Crippen LogP contribution in [0.2, 0.25) is 0 Å².